The molecule has 0 fully saturated rings. The summed E-state index contributed by atoms with van der Waals surface area (Å²) in [7, 11) is 1.51. The summed E-state index contributed by atoms with van der Waals surface area (Å²) < 4.78 is 4.86. The van der Waals surface area contributed by atoms with E-state index < -0.39 is 11.9 Å². The van der Waals surface area contributed by atoms with Gasteiger partial charge in [0.2, 0.25) is 5.91 Å². The number of methoxy groups -OCH3 is 1. The number of aliphatic carboxylic acids is 1. The third-order valence-corrected chi connectivity index (χ3v) is 1.73. The van der Waals surface area contributed by atoms with Crippen LogP contribution in [-0.4, -0.2) is 54.7 Å². The molecule has 3 N–H and O–H groups in total. The first-order valence-corrected chi connectivity index (χ1v) is 4.20. The summed E-state index contributed by atoms with van der Waals surface area (Å²) in [5, 5.41) is 8.58. The second-order valence-corrected chi connectivity index (χ2v) is 3.07. The summed E-state index contributed by atoms with van der Waals surface area (Å²) in [6.07, 6.45) is 0. The number of hydrogen-bond donors (Lipinski definition) is 2. The van der Waals surface area contributed by atoms with Crippen LogP contribution >= 0.6 is 0 Å². The minimum absolute atomic E-state index is 0.0726. The Bertz CT molecular complexity index is 192. The first-order chi connectivity index (χ1) is 6.47. The van der Waals surface area contributed by atoms with Gasteiger partial charge in [0, 0.05) is 13.2 Å². The molecule has 0 aromatic carbocycles. The Kier molecular flexibility index (Phi) is 5.82. The maximum atomic E-state index is 10.6. The highest BCUT2D eigenvalue weighted by molar-refractivity contribution is 5.77. The van der Waals surface area contributed by atoms with Gasteiger partial charge in [-0.15, -0.1) is 0 Å². The van der Waals surface area contributed by atoms with Crippen molar-refractivity contribution in [2.45, 2.75) is 13.0 Å². The number of rotatable bonds is 7. The van der Waals surface area contributed by atoms with Crippen LogP contribution in [0.15, 0.2) is 0 Å². The molecule has 1 amide bonds. The molecule has 0 rings (SSSR count). The Morgan fingerprint density at radius 2 is 2.07 bits per heavy atom. The van der Waals surface area contributed by atoms with E-state index in [0.29, 0.717) is 6.61 Å². The van der Waals surface area contributed by atoms with Gasteiger partial charge in [-0.2, -0.15) is 0 Å². The molecule has 14 heavy (non-hydrogen) atoms. The normalized spacial score (nSPS) is 12.8. The average Bonchev–Trinajstić information content (AvgIpc) is 2.01. The van der Waals surface area contributed by atoms with Crippen LogP contribution in [0, 0.1) is 0 Å². The van der Waals surface area contributed by atoms with Crippen molar-refractivity contribution in [2.75, 3.05) is 26.8 Å². The van der Waals surface area contributed by atoms with Gasteiger partial charge in [-0.05, 0) is 6.92 Å². The van der Waals surface area contributed by atoms with Gasteiger partial charge in [0.1, 0.15) is 0 Å². The molecular weight excluding hydrogens is 188 g/mol. The van der Waals surface area contributed by atoms with E-state index in [2.05, 4.69) is 0 Å². The fourth-order valence-corrected chi connectivity index (χ4v) is 1.09. The lowest BCUT2D eigenvalue weighted by atomic mass is 10.3. The zero-order chi connectivity index (χ0) is 11.1. The number of nitrogens with two attached hydrogens (primary N) is 1. The van der Waals surface area contributed by atoms with Crippen molar-refractivity contribution in [1.29, 1.82) is 0 Å². The summed E-state index contributed by atoms with van der Waals surface area (Å²) in [6.45, 7) is 1.85. The van der Waals surface area contributed by atoms with Crippen LogP contribution in [0.25, 0.3) is 0 Å². The van der Waals surface area contributed by atoms with E-state index in [-0.39, 0.29) is 19.1 Å². The van der Waals surface area contributed by atoms with Crippen molar-refractivity contribution >= 4 is 11.9 Å². The van der Waals surface area contributed by atoms with Crippen LogP contribution in [0.5, 0.6) is 0 Å². The van der Waals surface area contributed by atoms with Gasteiger partial charge < -0.3 is 15.6 Å². The fraction of sp³-hybridized carbons (Fsp3) is 0.750. The highest BCUT2D eigenvalue weighted by atomic mass is 16.5. The second-order valence-electron chi connectivity index (χ2n) is 3.07. The quantitative estimate of drug-likeness (QED) is 0.548. The summed E-state index contributed by atoms with van der Waals surface area (Å²) in [5.41, 5.74) is 4.99. The predicted octanol–water partition coefficient (Wildman–Crippen LogP) is -1.11. The number of primary amides is 1. The molecule has 6 nitrogen and oxygen atoms in total. The van der Waals surface area contributed by atoms with Crippen molar-refractivity contribution in [3.8, 4) is 0 Å². The number of carboxylic acid groups (broad SMARTS) is 1. The summed E-state index contributed by atoms with van der Waals surface area (Å²) in [4.78, 5) is 22.6. The highest BCUT2D eigenvalue weighted by Gasteiger charge is 2.18. The maximum absolute atomic E-state index is 10.6. The first kappa shape index (κ1) is 12.9. The van der Waals surface area contributed by atoms with Crippen molar-refractivity contribution in [3.05, 3.63) is 0 Å². The molecule has 0 radical (unpaired) electrons. The number of nitrogens with zero attached hydrogens (tertiary/aromatic N) is 1. The molecule has 0 aliphatic rings. The van der Waals surface area contributed by atoms with Crippen LogP contribution < -0.4 is 5.73 Å². The Hall–Kier alpha value is -1.14. The molecule has 0 saturated carbocycles. The summed E-state index contributed by atoms with van der Waals surface area (Å²) >= 11 is 0. The first-order valence-electron chi connectivity index (χ1n) is 4.20. The molecule has 0 saturated heterocycles. The van der Waals surface area contributed by atoms with E-state index in [1.165, 1.54) is 12.0 Å². The second kappa shape index (κ2) is 6.33. The molecule has 0 aliphatic carbocycles. The predicted molar refractivity (Wildman–Crippen MR) is 49.7 cm³/mol. The Balaban J connectivity index is 4.21. The van der Waals surface area contributed by atoms with Crippen LogP contribution in [0.1, 0.15) is 6.92 Å². The van der Waals surface area contributed by atoms with E-state index >= 15 is 0 Å². The van der Waals surface area contributed by atoms with Crippen molar-refractivity contribution in [2.24, 2.45) is 5.73 Å². The number of hydrogen-bond acceptors (Lipinski definition) is 4. The summed E-state index contributed by atoms with van der Waals surface area (Å²) in [5.74, 6) is -1.54. The van der Waals surface area contributed by atoms with Crippen molar-refractivity contribution in [1.82, 2.24) is 4.90 Å². The van der Waals surface area contributed by atoms with Crippen LogP contribution in [0.2, 0.25) is 0 Å². The van der Waals surface area contributed by atoms with Gasteiger partial charge in [-0.1, -0.05) is 0 Å². The topological polar surface area (TPSA) is 92.9 Å². The monoisotopic (exact) mass is 204 g/mol. The Morgan fingerprint density at radius 3 is 2.43 bits per heavy atom. The molecule has 0 heterocycles. The summed E-state index contributed by atoms with van der Waals surface area (Å²) in [6, 6.07) is -0.149. The Labute approximate surface area is 82.6 Å². The molecule has 0 spiro atoms. The van der Waals surface area contributed by atoms with E-state index in [0.717, 1.165) is 0 Å². The van der Waals surface area contributed by atoms with Gasteiger partial charge in [-0.3, -0.25) is 14.5 Å². The van der Waals surface area contributed by atoms with Crippen LogP contribution in [0.4, 0.5) is 0 Å². The molecule has 0 bridgehead atoms. The van der Waals surface area contributed by atoms with Gasteiger partial charge in [-0.25, -0.2) is 0 Å². The van der Waals surface area contributed by atoms with Crippen LogP contribution in [0.3, 0.4) is 0 Å². The minimum atomic E-state index is -0.991. The van der Waals surface area contributed by atoms with E-state index in [4.69, 9.17) is 15.6 Å². The van der Waals surface area contributed by atoms with Gasteiger partial charge >= 0.3 is 5.97 Å². The lowest BCUT2D eigenvalue weighted by molar-refractivity contribution is -0.139. The van der Waals surface area contributed by atoms with E-state index in [1.807, 2.05) is 0 Å². The smallest absolute Gasteiger partial charge is 0.317 e. The van der Waals surface area contributed by atoms with Crippen molar-refractivity contribution in [3.63, 3.8) is 0 Å². The molecule has 82 valence electrons. The molecular formula is C8H16N2O4. The maximum Gasteiger partial charge on any atom is 0.317 e. The van der Waals surface area contributed by atoms with E-state index in [9.17, 15) is 9.59 Å². The van der Waals surface area contributed by atoms with Gasteiger partial charge in [0.15, 0.2) is 0 Å². The number of carbonyl (C=O) groups excluding carboxylic acids is 1. The number of carbonyl (C=O) groups is 2. The number of carboxylic acids is 1. The SMILES string of the molecule is COCC(C)N(CC(N)=O)CC(=O)O. The Morgan fingerprint density at radius 1 is 1.50 bits per heavy atom. The molecule has 0 aliphatic heterocycles. The van der Waals surface area contributed by atoms with Crippen molar-refractivity contribution < 1.29 is 19.4 Å². The molecule has 0 aromatic heterocycles. The third-order valence-electron chi connectivity index (χ3n) is 1.73. The van der Waals surface area contributed by atoms with Gasteiger partial charge in [0.25, 0.3) is 0 Å². The average molecular weight is 204 g/mol. The van der Waals surface area contributed by atoms with E-state index in [1.54, 1.807) is 6.92 Å². The number of amides is 1. The largest absolute Gasteiger partial charge is 0.480 e. The standard InChI is InChI=1S/C8H16N2O4/c1-6(5-14-2)10(3-7(9)11)4-8(12)13/h6H,3-5H2,1-2H3,(H2,9,11)(H,12,13). The molecule has 0 aromatic rings. The molecule has 1 unspecified atom stereocenters. The zero-order valence-corrected chi connectivity index (χ0v) is 8.40. The van der Waals surface area contributed by atoms with Gasteiger partial charge in [0.05, 0.1) is 19.7 Å². The fourth-order valence-electron chi connectivity index (χ4n) is 1.09. The van der Waals surface area contributed by atoms with Crippen LogP contribution in [-0.2, 0) is 14.3 Å². The molecule has 1 atom stereocenters. The third kappa shape index (κ3) is 5.50. The minimum Gasteiger partial charge on any atom is -0.480 e. The molecule has 6 heteroatoms. The number of ether oxygens (including phenoxy) is 1. The highest BCUT2D eigenvalue weighted by Crippen LogP contribution is 1.98. The lowest BCUT2D eigenvalue weighted by Crippen LogP contribution is -2.44. The lowest BCUT2D eigenvalue weighted by Gasteiger charge is -2.25. The zero-order valence-electron chi connectivity index (χ0n) is 8.40.